The Morgan fingerprint density at radius 1 is 1.10 bits per heavy atom. The number of nitrogens with zero attached hydrogens (tertiary/aromatic N) is 1. The van der Waals surface area contributed by atoms with Crippen molar-refractivity contribution < 1.29 is 22.7 Å². The van der Waals surface area contributed by atoms with Crippen LogP contribution in [0.2, 0.25) is 0 Å². The fourth-order valence-electron chi connectivity index (χ4n) is 3.55. The fourth-order valence-corrected chi connectivity index (χ4v) is 4.84. The summed E-state index contributed by atoms with van der Waals surface area (Å²) in [7, 11) is -3.64. The van der Waals surface area contributed by atoms with Crippen LogP contribution in [0.4, 0.5) is 0 Å². The van der Waals surface area contributed by atoms with E-state index < -0.39 is 21.5 Å². The molecule has 1 unspecified atom stereocenters. The van der Waals surface area contributed by atoms with Crippen LogP contribution in [0.3, 0.4) is 0 Å². The predicted molar refractivity (Wildman–Crippen MR) is 110 cm³/mol. The van der Waals surface area contributed by atoms with Crippen molar-refractivity contribution in [3.8, 4) is 17.6 Å². The van der Waals surface area contributed by atoms with Gasteiger partial charge in [0.1, 0.15) is 19.0 Å². The van der Waals surface area contributed by atoms with Crippen LogP contribution < -0.4 is 14.8 Å². The molecule has 0 saturated heterocycles. The van der Waals surface area contributed by atoms with Crippen LogP contribution in [-0.4, -0.2) is 33.3 Å². The maximum Gasteiger partial charge on any atom is 0.235 e. The molecule has 2 aromatic rings. The molecule has 4 rings (SSSR count). The lowest BCUT2D eigenvalue weighted by molar-refractivity contribution is -0.119. The van der Waals surface area contributed by atoms with Gasteiger partial charge in [0, 0.05) is 0 Å². The van der Waals surface area contributed by atoms with Crippen LogP contribution in [0, 0.1) is 17.2 Å². The summed E-state index contributed by atoms with van der Waals surface area (Å²) in [5.41, 5.74) is 1.90. The first-order chi connectivity index (χ1) is 14.4. The molecule has 0 bridgehead atoms. The fraction of sp³-hybridized carbons (Fsp3) is 0.364. The summed E-state index contributed by atoms with van der Waals surface area (Å²) in [6.45, 7) is 0.983. The zero-order chi connectivity index (χ0) is 21.1. The van der Waals surface area contributed by atoms with E-state index >= 15 is 0 Å². The maximum absolute atomic E-state index is 12.6. The number of nitriles is 1. The Morgan fingerprint density at radius 3 is 2.47 bits per heavy atom. The number of carbonyl (C=O) groups excluding carboxylic acids is 1. The molecule has 8 heteroatoms. The summed E-state index contributed by atoms with van der Waals surface area (Å²) in [4.78, 5) is 12.6. The number of hydrogen-bond acceptors (Lipinski definition) is 6. The number of sulfone groups is 1. The highest BCUT2D eigenvalue weighted by Gasteiger charge is 2.34. The number of nitrogens with one attached hydrogen (secondary N) is 1. The Balaban J connectivity index is 1.42. The zero-order valence-electron chi connectivity index (χ0n) is 16.3. The molecule has 0 radical (unpaired) electrons. The molecule has 2 aliphatic rings. The smallest absolute Gasteiger partial charge is 0.235 e. The number of carbonyl (C=O) groups is 1. The van der Waals surface area contributed by atoms with E-state index in [1.54, 1.807) is 24.3 Å². The normalized spacial score (nSPS) is 16.4. The van der Waals surface area contributed by atoms with Gasteiger partial charge in [-0.2, -0.15) is 5.26 Å². The minimum Gasteiger partial charge on any atom is -0.486 e. The monoisotopic (exact) mass is 426 g/mol. The van der Waals surface area contributed by atoms with Crippen LogP contribution in [0.1, 0.15) is 35.6 Å². The molecule has 7 nitrogen and oxygen atoms in total. The SMILES string of the molecule is N#Cc1ccc(CS(=O)(=O)CC(=O)NC(c2ccc3c(c2)OCCO3)C2CC2)cc1. The second kappa shape index (κ2) is 8.36. The number of amides is 1. The van der Waals surface area contributed by atoms with Crippen molar-refractivity contribution in [1.82, 2.24) is 5.32 Å². The Kier molecular flexibility index (Phi) is 5.64. The molecular weight excluding hydrogens is 404 g/mol. The molecular formula is C22H22N2O5S. The van der Waals surface area contributed by atoms with Crippen molar-refractivity contribution in [2.45, 2.75) is 24.6 Å². The molecule has 1 fully saturated rings. The Hall–Kier alpha value is -3.05. The summed E-state index contributed by atoms with van der Waals surface area (Å²) < 4.78 is 36.2. The van der Waals surface area contributed by atoms with Crippen LogP contribution in [0.5, 0.6) is 11.5 Å². The lowest BCUT2D eigenvalue weighted by Gasteiger charge is -2.23. The lowest BCUT2D eigenvalue weighted by Crippen LogP contribution is -2.35. The zero-order valence-corrected chi connectivity index (χ0v) is 17.2. The van der Waals surface area contributed by atoms with Crippen LogP contribution in [0.15, 0.2) is 42.5 Å². The van der Waals surface area contributed by atoms with E-state index in [0.717, 1.165) is 18.4 Å². The van der Waals surface area contributed by atoms with Gasteiger partial charge in [-0.15, -0.1) is 0 Å². The van der Waals surface area contributed by atoms with E-state index in [9.17, 15) is 13.2 Å². The van der Waals surface area contributed by atoms with E-state index in [1.165, 1.54) is 0 Å². The number of rotatable bonds is 7. The Morgan fingerprint density at radius 2 is 1.80 bits per heavy atom. The number of ether oxygens (including phenoxy) is 2. The summed E-state index contributed by atoms with van der Waals surface area (Å²) in [5, 5.41) is 11.7. The van der Waals surface area contributed by atoms with Crippen molar-refractivity contribution in [3.05, 3.63) is 59.2 Å². The molecule has 1 aliphatic heterocycles. The third-order valence-electron chi connectivity index (χ3n) is 5.16. The molecule has 1 amide bonds. The van der Waals surface area contributed by atoms with Crippen LogP contribution >= 0.6 is 0 Å². The molecule has 1 saturated carbocycles. The van der Waals surface area contributed by atoms with Gasteiger partial charge in [-0.25, -0.2) is 8.42 Å². The molecule has 30 heavy (non-hydrogen) atoms. The van der Waals surface area contributed by atoms with Crippen molar-refractivity contribution in [2.75, 3.05) is 19.0 Å². The molecule has 2 aromatic carbocycles. The van der Waals surface area contributed by atoms with E-state index in [-0.39, 0.29) is 17.7 Å². The topological polar surface area (TPSA) is 105 Å². The summed E-state index contributed by atoms with van der Waals surface area (Å²) >= 11 is 0. The largest absolute Gasteiger partial charge is 0.486 e. The molecule has 0 aromatic heterocycles. The molecule has 0 spiro atoms. The Labute approximate surface area is 175 Å². The minimum atomic E-state index is -3.64. The van der Waals surface area contributed by atoms with Gasteiger partial charge in [-0.3, -0.25) is 4.79 Å². The highest BCUT2D eigenvalue weighted by molar-refractivity contribution is 7.91. The maximum atomic E-state index is 12.6. The van der Waals surface area contributed by atoms with Gasteiger partial charge in [0.15, 0.2) is 21.3 Å². The summed E-state index contributed by atoms with van der Waals surface area (Å²) in [6.07, 6.45) is 1.97. The molecule has 156 valence electrons. The average molecular weight is 426 g/mol. The van der Waals surface area contributed by atoms with Gasteiger partial charge >= 0.3 is 0 Å². The van der Waals surface area contributed by atoms with Gasteiger partial charge < -0.3 is 14.8 Å². The van der Waals surface area contributed by atoms with Crippen molar-refractivity contribution in [1.29, 1.82) is 5.26 Å². The van der Waals surface area contributed by atoms with E-state index in [2.05, 4.69) is 5.32 Å². The molecule has 1 heterocycles. The highest BCUT2D eigenvalue weighted by Crippen LogP contribution is 2.43. The number of fused-ring (bicyclic) bond motifs is 1. The number of hydrogen-bond donors (Lipinski definition) is 1. The summed E-state index contributed by atoms with van der Waals surface area (Å²) in [5.74, 6) is 0.265. The van der Waals surface area contributed by atoms with Crippen LogP contribution in [-0.2, 0) is 20.4 Å². The quantitative estimate of drug-likeness (QED) is 0.729. The molecule has 1 aliphatic carbocycles. The first-order valence-electron chi connectivity index (χ1n) is 9.82. The minimum absolute atomic E-state index is 0.246. The van der Waals surface area contributed by atoms with Gasteiger partial charge in [-0.05, 0) is 54.2 Å². The van der Waals surface area contributed by atoms with Gasteiger partial charge in [0.25, 0.3) is 0 Å². The van der Waals surface area contributed by atoms with Gasteiger partial charge in [0.2, 0.25) is 5.91 Å². The molecule has 1 atom stereocenters. The average Bonchev–Trinajstić information content (AvgIpc) is 3.57. The molecule has 1 N–H and O–H groups in total. The second-order valence-corrected chi connectivity index (χ2v) is 9.69. The van der Waals surface area contributed by atoms with Gasteiger partial charge in [0.05, 0.1) is 23.4 Å². The number of benzene rings is 2. The lowest BCUT2D eigenvalue weighted by atomic mass is 10.0. The predicted octanol–water partition coefficient (Wildman–Crippen LogP) is 2.51. The first kappa shape index (κ1) is 20.2. The standard InChI is InChI=1S/C22H22N2O5S/c23-12-15-1-3-16(4-2-15)13-30(26,27)14-21(25)24-22(17-5-6-17)18-7-8-19-20(11-18)29-10-9-28-19/h1-4,7-8,11,17,22H,5-6,9-10,13-14H2,(H,24,25). The first-order valence-corrected chi connectivity index (χ1v) is 11.6. The van der Waals surface area contributed by atoms with E-state index in [4.69, 9.17) is 14.7 Å². The van der Waals surface area contributed by atoms with Crippen molar-refractivity contribution in [2.24, 2.45) is 5.92 Å². The highest BCUT2D eigenvalue weighted by atomic mass is 32.2. The Bertz CT molecular complexity index is 1090. The second-order valence-electron chi connectivity index (χ2n) is 7.63. The van der Waals surface area contributed by atoms with E-state index in [0.29, 0.717) is 35.8 Å². The van der Waals surface area contributed by atoms with E-state index in [1.807, 2.05) is 24.3 Å². The van der Waals surface area contributed by atoms with Crippen molar-refractivity contribution in [3.63, 3.8) is 0 Å². The summed E-state index contributed by atoms with van der Waals surface area (Å²) in [6, 6.07) is 13.6. The third-order valence-corrected chi connectivity index (χ3v) is 6.63. The van der Waals surface area contributed by atoms with Crippen molar-refractivity contribution >= 4 is 15.7 Å². The van der Waals surface area contributed by atoms with Crippen LogP contribution in [0.25, 0.3) is 0 Å². The third kappa shape index (κ3) is 4.92. The van der Waals surface area contributed by atoms with Gasteiger partial charge in [-0.1, -0.05) is 18.2 Å².